The molecule has 4 rings (SSSR count). The van der Waals surface area contributed by atoms with Crippen LogP contribution in [0.1, 0.15) is 27.2 Å². The highest BCUT2D eigenvalue weighted by Gasteiger charge is 2.41. The van der Waals surface area contributed by atoms with Gasteiger partial charge in [0.1, 0.15) is 0 Å². The van der Waals surface area contributed by atoms with Gasteiger partial charge in [-0.3, -0.25) is 19.8 Å². The first-order chi connectivity index (χ1) is 16.1. The van der Waals surface area contributed by atoms with Crippen molar-refractivity contribution >= 4 is 11.6 Å². The fraction of sp³-hybridized carbons (Fsp3) is 0.304. The Kier molecular flexibility index (Phi) is 6.38. The van der Waals surface area contributed by atoms with Gasteiger partial charge in [-0.15, -0.1) is 0 Å². The molecule has 3 aromatic rings. The Morgan fingerprint density at radius 1 is 1.09 bits per heavy atom. The number of carbonyl (C=O) groups excluding carboxylic acids is 1. The fourth-order valence-corrected chi connectivity index (χ4v) is 3.97. The molecular formula is C23H22F3N5O3. The molecule has 0 N–H and O–H groups in total. The Morgan fingerprint density at radius 3 is 2.38 bits per heavy atom. The molecule has 1 aromatic heterocycles. The minimum atomic E-state index is -4.77. The number of rotatable bonds is 5. The van der Waals surface area contributed by atoms with Crippen molar-refractivity contribution in [2.45, 2.75) is 19.6 Å². The summed E-state index contributed by atoms with van der Waals surface area (Å²) in [7, 11) is 0. The number of halogens is 3. The van der Waals surface area contributed by atoms with E-state index in [4.69, 9.17) is 0 Å². The molecule has 0 unspecified atom stereocenters. The predicted octanol–water partition coefficient (Wildman–Crippen LogP) is 4.07. The van der Waals surface area contributed by atoms with Crippen LogP contribution >= 0.6 is 0 Å². The normalized spacial score (nSPS) is 14.9. The van der Waals surface area contributed by atoms with Gasteiger partial charge in [0, 0.05) is 44.9 Å². The number of carbonyl (C=O) groups is 1. The van der Waals surface area contributed by atoms with Gasteiger partial charge in [0.05, 0.1) is 22.4 Å². The molecule has 2 aromatic carbocycles. The zero-order chi connectivity index (χ0) is 24.5. The van der Waals surface area contributed by atoms with E-state index in [1.807, 2.05) is 11.8 Å². The van der Waals surface area contributed by atoms with Crippen molar-refractivity contribution in [3.05, 3.63) is 87.2 Å². The van der Waals surface area contributed by atoms with Crippen molar-refractivity contribution in [1.82, 2.24) is 19.6 Å². The summed E-state index contributed by atoms with van der Waals surface area (Å²) in [6.07, 6.45) is -3.79. The van der Waals surface area contributed by atoms with Crippen LogP contribution < -0.4 is 0 Å². The number of non-ortho nitro benzene ring substituents is 1. The minimum Gasteiger partial charge on any atom is -0.336 e. The van der Waals surface area contributed by atoms with E-state index in [0.29, 0.717) is 19.6 Å². The van der Waals surface area contributed by atoms with Crippen LogP contribution in [0, 0.1) is 17.0 Å². The number of hydrogen-bond acceptors (Lipinski definition) is 5. The maximum Gasteiger partial charge on any atom is 0.434 e. The molecule has 0 aliphatic carbocycles. The molecule has 178 valence electrons. The Hall–Kier alpha value is -3.73. The summed E-state index contributed by atoms with van der Waals surface area (Å²) in [6.45, 7) is 3.61. The lowest BCUT2D eigenvalue weighted by Gasteiger charge is -2.34. The average molecular weight is 473 g/mol. The highest BCUT2D eigenvalue weighted by atomic mass is 19.4. The number of benzene rings is 2. The maximum absolute atomic E-state index is 13.9. The molecule has 1 amide bonds. The van der Waals surface area contributed by atoms with Crippen molar-refractivity contribution in [1.29, 1.82) is 0 Å². The zero-order valence-electron chi connectivity index (χ0n) is 18.3. The molecule has 0 saturated carbocycles. The zero-order valence-corrected chi connectivity index (χ0v) is 18.3. The van der Waals surface area contributed by atoms with Gasteiger partial charge in [0.25, 0.3) is 11.6 Å². The van der Waals surface area contributed by atoms with Crippen LogP contribution in [-0.4, -0.2) is 56.6 Å². The monoisotopic (exact) mass is 473 g/mol. The van der Waals surface area contributed by atoms with Crippen molar-refractivity contribution < 1.29 is 22.9 Å². The number of aryl methyl sites for hydroxylation is 1. The van der Waals surface area contributed by atoms with Crippen LogP contribution in [0.4, 0.5) is 18.9 Å². The second-order valence-corrected chi connectivity index (χ2v) is 8.15. The molecule has 1 aliphatic rings. The number of aromatic nitrogens is 2. The molecule has 1 aliphatic heterocycles. The summed E-state index contributed by atoms with van der Waals surface area (Å²) >= 11 is 0. The number of piperazine rings is 1. The Morgan fingerprint density at radius 2 is 1.76 bits per heavy atom. The van der Waals surface area contributed by atoms with Crippen LogP contribution in [0.2, 0.25) is 0 Å². The largest absolute Gasteiger partial charge is 0.434 e. The lowest BCUT2D eigenvalue weighted by atomic mass is 10.1. The van der Waals surface area contributed by atoms with Gasteiger partial charge in [0.2, 0.25) is 0 Å². The summed E-state index contributed by atoms with van der Waals surface area (Å²) in [5.41, 5.74) is 0.285. The van der Waals surface area contributed by atoms with Crippen molar-refractivity contribution in [2.24, 2.45) is 0 Å². The molecule has 34 heavy (non-hydrogen) atoms. The lowest BCUT2D eigenvalue weighted by molar-refractivity contribution is -0.384. The van der Waals surface area contributed by atoms with E-state index in [9.17, 15) is 28.1 Å². The molecule has 2 heterocycles. The Bertz CT molecular complexity index is 1200. The summed E-state index contributed by atoms with van der Waals surface area (Å²) in [4.78, 5) is 26.9. The topological polar surface area (TPSA) is 84.5 Å². The van der Waals surface area contributed by atoms with E-state index in [0.717, 1.165) is 22.0 Å². The predicted molar refractivity (Wildman–Crippen MR) is 118 cm³/mol. The van der Waals surface area contributed by atoms with E-state index >= 15 is 0 Å². The highest BCUT2D eigenvalue weighted by Crippen LogP contribution is 2.34. The van der Waals surface area contributed by atoms with E-state index in [2.05, 4.69) is 5.10 Å². The number of hydrogen-bond donors (Lipinski definition) is 0. The highest BCUT2D eigenvalue weighted by molar-refractivity contribution is 5.95. The van der Waals surface area contributed by atoms with Gasteiger partial charge in [-0.25, -0.2) is 4.68 Å². The van der Waals surface area contributed by atoms with Crippen LogP contribution in [0.15, 0.2) is 54.7 Å². The van der Waals surface area contributed by atoms with Crippen LogP contribution in [0.5, 0.6) is 0 Å². The summed E-state index contributed by atoms with van der Waals surface area (Å²) in [5.74, 6) is -0.722. The maximum atomic E-state index is 13.9. The first kappa shape index (κ1) is 23.4. The van der Waals surface area contributed by atoms with Gasteiger partial charge in [-0.1, -0.05) is 29.8 Å². The van der Waals surface area contributed by atoms with Crippen LogP contribution in [-0.2, 0) is 12.7 Å². The number of amides is 1. The molecule has 8 nitrogen and oxygen atoms in total. The van der Waals surface area contributed by atoms with Crippen molar-refractivity contribution in [3.8, 4) is 5.69 Å². The number of nitro groups is 1. The van der Waals surface area contributed by atoms with Gasteiger partial charge >= 0.3 is 6.18 Å². The minimum absolute atomic E-state index is 0.00316. The Balaban J connectivity index is 1.48. The summed E-state index contributed by atoms with van der Waals surface area (Å²) < 4.78 is 42.6. The molecule has 0 radical (unpaired) electrons. The molecule has 1 saturated heterocycles. The first-order valence-electron chi connectivity index (χ1n) is 10.6. The molecular weight excluding hydrogens is 451 g/mol. The average Bonchev–Trinajstić information content (AvgIpc) is 3.26. The number of alkyl halides is 3. The smallest absolute Gasteiger partial charge is 0.336 e. The third-order valence-electron chi connectivity index (χ3n) is 5.73. The van der Waals surface area contributed by atoms with Crippen molar-refractivity contribution in [2.75, 3.05) is 26.2 Å². The second kappa shape index (κ2) is 9.26. The number of nitrogens with zero attached hydrogens (tertiary/aromatic N) is 5. The standard InChI is InChI=1S/C23H22F3N5O3/c1-16-5-7-18(8-6-16)30-21(23(24,25)26)20(14-27-30)22(32)29-11-9-28(10-12-29)15-17-3-2-4-19(13-17)31(33)34/h2-8,13-14H,9-12,15H2,1H3. The fourth-order valence-electron chi connectivity index (χ4n) is 3.97. The lowest BCUT2D eigenvalue weighted by Crippen LogP contribution is -2.48. The molecule has 0 atom stereocenters. The van der Waals surface area contributed by atoms with E-state index in [-0.39, 0.29) is 24.5 Å². The third kappa shape index (κ3) is 4.93. The van der Waals surface area contributed by atoms with Gasteiger partial charge in [-0.2, -0.15) is 18.3 Å². The summed E-state index contributed by atoms with van der Waals surface area (Å²) in [6, 6.07) is 12.7. The number of nitro benzene ring substituents is 1. The second-order valence-electron chi connectivity index (χ2n) is 8.15. The van der Waals surface area contributed by atoms with E-state index < -0.39 is 28.3 Å². The first-order valence-corrected chi connectivity index (χ1v) is 10.6. The van der Waals surface area contributed by atoms with E-state index in [1.165, 1.54) is 29.2 Å². The van der Waals surface area contributed by atoms with Crippen LogP contribution in [0.3, 0.4) is 0 Å². The quantitative estimate of drug-likeness (QED) is 0.412. The van der Waals surface area contributed by atoms with E-state index in [1.54, 1.807) is 24.3 Å². The summed E-state index contributed by atoms with van der Waals surface area (Å²) in [5, 5.41) is 14.8. The molecule has 0 bridgehead atoms. The van der Waals surface area contributed by atoms with Crippen LogP contribution in [0.25, 0.3) is 5.69 Å². The Labute approximate surface area is 193 Å². The van der Waals surface area contributed by atoms with Gasteiger partial charge < -0.3 is 4.90 Å². The van der Waals surface area contributed by atoms with Gasteiger partial charge in [-0.05, 0) is 24.6 Å². The molecule has 1 fully saturated rings. The third-order valence-corrected chi connectivity index (χ3v) is 5.73. The molecule has 11 heteroatoms. The van der Waals surface area contributed by atoms with Crippen molar-refractivity contribution in [3.63, 3.8) is 0 Å². The van der Waals surface area contributed by atoms with Gasteiger partial charge in [0.15, 0.2) is 5.69 Å². The SMILES string of the molecule is Cc1ccc(-n2ncc(C(=O)N3CCN(Cc4cccc([N+](=O)[O-])c4)CC3)c2C(F)(F)F)cc1. The molecule has 0 spiro atoms.